The van der Waals surface area contributed by atoms with Gasteiger partial charge in [-0.2, -0.15) is 13.5 Å². The second-order valence-electron chi connectivity index (χ2n) is 5.55. The van der Waals surface area contributed by atoms with E-state index in [1.54, 1.807) is 48.5 Å². The molecule has 3 aromatic rings. The molecule has 0 fully saturated rings. The Hall–Kier alpha value is -2.84. The molecule has 0 unspecified atom stereocenters. The second kappa shape index (κ2) is 7.19. The average Bonchev–Trinajstić information content (AvgIpc) is 3.10. The number of H-pyrrole nitrogens is 1. The number of benzene rings is 2. The zero-order valence-electron chi connectivity index (χ0n) is 13.7. The van der Waals surface area contributed by atoms with E-state index in [0.29, 0.717) is 16.4 Å². The summed E-state index contributed by atoms with van der Waals surface area (Å²) in [4.78, 5) is 12.4. The minimum absolute atomic E-state index is 0.0976. The van der Waals surface area contributed by atoms with Crippen molar-refractivity contribution in [3.8, 4) is 0 Å². The molecule has 0 radical (unpaired) electrons. The summed E-state index contributed by atoms with van der Waals surface area (Å²) in [5.74, 6) is -0.606. The van der Waals surface area contributed by atoms with Gasteiger partial charge in [0.25, 0.3) is 15.9 Å². The van der Waals surface area contributed by atoms with Crippen molar-refractivity contribution >= 4 is 38.9 Å². The van der Waals surface area contributed by atoms with Gasteiger partial charge in [-0.05, 0) is 43.3 Å². The van der Waals surface area contributed by atoms with Crippen molar-refractivity contribution in [2.24, 2.45) is 0 Å². The average molecular weight is 391 g/mol. The molecule has 3 N–H and O–H groups in total. The van der Waals surface area contributed by atoms with E-state index in [2.05, 4.69) is 20.2 Å². The zero-order chi connectivity index (χ0) is 18.7. The highest BCUT2D eigenvalue weighted by atomic mass is 35.5. The number of rotatable bonds is 5. The standard InChI is InChI=1S/C17H15ClN4O3S/c1-11-2-6-14(7-3-11)22-26(24,25)17-15(10-19-21-17)16(23)20-13-8-4-12(18)5-9-13/h2-10,22H,1H3,(H,19,21)(H,20,23). The molecule has 2 aromatic carbocycles. The molecule has 0 atom stereocenters. The molecule has 0 bridgehead atoms. The van der Waals surface area contributed by atoms with Gasteiger partial charge in [0.15, 0.2) is 5.03 Å². The molecule has 7 nitrogen and oxygen atoms in total. The first kappa shape index (κ1) is 18.0. The molecule has 1 aromatic heterocycles. The minimum Gasteiger partial charge on any atom is -0.322 e. The summed E-state index contributed by atoms with van der Waals surface area (Å²) < 4.78 is 27.6. The van der Waals surface area contributed by atoms with Crippen LogP contribution in [0.4, 0.5) is 11.4 Å². The van der Waals surface area contributed by atoms with Gasteiger partial charge in [-0.3, -0.25) is 14.6 Å². The molecular weight excluding hydrogens is 376 g/mol. The molecule has 0 aliphatic carbocycles. The quantitative estimate of drug-likeness (QED) is 0.620. The first-order valence-electron chi connectivity index (χ1n) is 7.55. The summed E-state index contributed by atoms with van der Waals surface area (Å²) in [7, 11) is -4.01. The second-order valence-corrected chi connectivity index (χ2v) is 7.60. The summed E-state index contributed by atoms with van der Waals surface area (Å²) in [5, 5.41) is 8.88. The SMILES string of the molecule is Cc1ccc(NS(=O)(=O)c2[nH]ncc2C(=O)Nc2ccc(Cl)cc2)cc1. The maximum Gasteiger partial charge on any atom is 0.279 e. The predicted molar refractivity (Wildman–Crippen MR) is 100.0 cm³/mol. The third-order valence-electron chi connectivity index (χ3n) is 3.52. The molecule has 0 saturated heterocycles. The van der Waals surface area contributed by atoms with Crippen molar-refractivity contribution in [2.45, 2.75) is 11.9 Å². The number of aromatic nitrogens is 2. The van der Waals surface area contributed by atoms with E-state index in [9.17, 15) is 13.2 Å². The van der Waals surface area contributed by atoms with Gasteiger partial charge < -0.3 is 5.32 Å². The predicted octanol–water partition coefficient (Wildman–Crippen LogP) is 3.42. The molecule has 3 rings (SSSR count). The highest BCUT2D eigenvalue weighted by Gasteiger charge is 2.25. The fraction of sp³-hybridized carbons (Fsp3) is 0.0588. The molecule has 0 spiro atoms. The Morgan fingerprint density at radius 1 is 1.04 bits per heavy atom. The van der Waals surface area contributed by atoms with E-state index in [1.165, 1.54) is 0 Å². The largest absolute Gasteiger partial charge is 0.322 e. The van der Waals surface area contributed by atoms with Gasteiger partial charge in [-0.1, -0.05) is 29.3 Å². The molecule has 26 heavy (non-hydrogen) atoms. The molecule has 1 heterocycles. The van der Waals surface area contributed by atoms with E-state index in [-0.39, 0.29) is 10.6 Å². The van der Waals surface area contributed by atoms with Crippen LogP contribution in [-0.4, -0.2) is 24.5 Å². The fourth-order valence-corrected chi connectivity index (χ4v) is 3.48. The molecule has 0 saturated carbocycles. The highest BCUT2D eigenvalue weighted by Crippen LogP contribution is 2.20. The van der Waals surface area contributed by atoms with Crippen LogP contribution in [-0.2, 0) is 10.0 Å². The number of aryl methyl sites for hydroxylation is 1. The molecule has 9 heteroatoms. The number of aromatic amines is 1. The Balaban J connectivity index is 1.83. The van der Waals surface area contributed by atoms with Crippen molar-refractivity contribution in [1.29, 1.82) is 0 Å². The number of carbonyl (C=O) groups excluding carboxylic acids is 1. The lowest BCUT2D eigenvalue weighted by Gasteiger charge is -2.09. The Bertz CT molecular complexity index is 1030. The van der Waals surface area contributed by atoms with E-state index < -0.39 is 15.9 Å². The molecule has 134 valence electrons. The normalized spacial score (nSPS) is 11.2. The van der Waals surface area contributed by atoms with Gasteiger partial charge in [0.1, 0.15) is 0 Å². The number of hydrogen-bond acceptors (Lipinski definition) is 4. The number of halogens is 1. The molecule has 0 aliphatic heterocycles. The van der Waals surface area contributed by atoms with Gasteiger partial charge >= 0.3 is 0 Å². The Kier molecular flexibility index (Phi) is 4.97. The van der Waals surface area contributed by atoms with Gasteiger partial charge in [0, 0.05) is 16.4 Å². The van der Waals surface area contributed by atoms with Gasteiger partial charge in [-0.15, -0.1) is 0 Å². The van der Waals surface area contributed by atoms with Crippen molar-refractivity contribution in [1.82, 2.24) is 10.2 Å². The van der Waals surface area contributed by atoms with Crippen LogP contribution in [0.15, 0.2) is 59.8 Å². The van der Waals surface area contributed by atoms with E-state index in [1.807, 2.05) is 6.92 Å². The van der Waals surface area contributed by atoms with E-state index in [4.69, 9.17) is 11.6 Å². The maximum atomic E-state index is 12.6. The molecule has 1 amide bonds. The smallest absolute Gasteiger partial charge is 0.279 e. The van der Waals surface area contributed by atoms with Crippen molar-refractivity contribution in [2.75, 3.05) is 10.0 Å². The Morgan fingerprint density at radius 3 is 2.31 bits per heavy atom. The highest BCUT2D eigenvalue weighted by molar-refractivity contribution is 7.92. The third kappa shape index (κ3) is 4.04. The number of nitrogens with zero attached hydrogens (tertiary/aromatic N) is 1. The fourth-order valence-electron chi connectivity index (χ4n) is 2.20. The number of hydrogen-bond donors (Lipinski definition) is 3. The van der Waals surface area contributed by atoms with Crippen LogP contribution in [0.1, 0.15) is 15.9 Å². The van der Waals surface area contributed by atoms with Gasteiger partial charge in [-0.25, -0.2) is 0 Å². The summed E-state index contributed by atoms with van der Waals surface area (Å²) in [5.41, 5.74) is 1.77. The summed E-state index contributed by atoms with van der Waals surface area (Å²) in [6.07, 6.45) is 1.16. The summed E-state index contributed by atoms with van der Waals surface area (Å²) in [6, 6.07) is 13.3. The minimum atomic E-state index is -4.01. The van der Waals surface area contributed by atoms with Crippen LogP contribution in [0.5, 0.6) is 0 Å². The maximum absolute atomic E-state index is 12.6. The van der Waals surface area contributed by atoms with E-state index >= 15 is 0 Å². The van der Waals surface area contributed by atoms with Crippen LogP contribution in [0.2, 0.25) is 5.02 Å². The topological polar surface area (TPSA) is 104 Å². The summed E-state index contributed by atoms with van der Waals surface area (Å²) >= 11 is 5.80. The van der Waals surface area contributed by atoms with Crippen molar-refractivity contribution < 1.29 is 13.2 Å². The van der Waals surface area contributed by atoms with Crippen molar-refractivity contribution in [3.05, 3.63) is 70.9 Å². The molecular formula is C17H15ClN4O3S. The lowest BCUT2D eigenvalue weighted by atomic mass is 10.2. The lowest BCUT2D eigenvalue weighted by Crippen LogP contribution is -2.19. The first-order chi connectivity index (χ1) is 12.3. The van der Waals surface area contributed by atoms with Crippen LogP contribution >= 0.6 is 11.6 Å². The van der Waals surface area contributed by atoms with Crippen LogP contribution in [0, 0.1) is 6.92 Å². The summed E-state index contributed by atoms with van der Waals surface area (Å²) in [6.45, 7) is 1.90. The number of carbonyl (C=O) groups is 1. The third-order valence-corrected chi connectivity index (χ3v) is 5.13. The Labute approximate surface area is 155 Å². The lowest BCUT2D eigenvalue weighted by molar-refractivity contribution is 0.102. The number of amides is 1. The zero-order valence-corrected chi connectivity index (χ0v) is 15.2. The van der Waals surface area contributed by atoms with Crippen LogP contribution < -0.4 is 10.0 Å². The van der Waals surface area contributed by atoms with Gasteiger partial charge in [0.2, 0.25) is 0 Å². The monoisotopic (exact) mass is 390 g/mol. The van der Waals surface area contributed by atoms with E-state index in [0.717, 1.165) is 11.8 Å². The number of sulfonamides is 1. The Morgan fingerprint density at radius 2 is 1.65 bits per heavy atom. The number of anilines is 2. The van der Waals surface area contributed by atoms with Crippen molar-refractivity contribution in [3.63, 3.8) is 0 Å². The molecule has 0 aliphatic rings. The van der Waals surface area contributed by atoms with Crippen LogP contribution in [0.25, 0.3) is 0 Å². The number of nitrogens with one attached hydrogen (secondary N) is 3. The van der Waals surface area contributed by atoms with Crippen LogP contribution in [0.3, 0.4) is 0 Å². The first-order valence-corrected chi connectivity index (χ1v) is 9.41. The van der Waals surface area contributed by atoms with Gasteiger partial charge in [0.05, 0.1) is 11.8 Å².